The van der Waals surface area contributed by atoms with Crippen molar-refractivity contribution in [2.24, 2.45) is 0 Å². The molecular weight excluding hydrogens is 178 g/mol. The first kappa shape index (κ1) is 10.3. The van der Waals surface area contributed by atoms with Gasteiger partial charge < -0.3 is 0 Å². The molecule has 0 unspecified atom stereocenters. The Morgan fingerprint density at radius 1 is 1.45 bits per heavy atom. The van der Waals surface area contributed by atoms with Crippen LogP contribution in [0.5, 0.6) is 0 Å². The molecule has 0 atom stereocenters. The predicted octanol–water partition coefficient (Wildman–Crippen LogP) is 3.32. The molecule has 0 radical (unpaired) electrons. The minimum atomic E-state index is 0.840. The fourth-order valence-corrected chi connectivity index (χ4v) is 0.687. The second kappa shape index (κ2) is 6.05. The first-order valence-corrected chi connectivity index (χ1v) is 3.76. The first-order valence-electron chi connectivity index (χ1n) is 2.97. The van der Waals surface area contributed by atoms with Crippen molar-refractivity contribution in [1.29, 1.82) is 5.41 Å². The van der Waals surface area contributed by atoms with Gasteiger partial charge >= 0.3 is 0 Å². The van der Waals surface area contributed by atoms with Crippen molar-refractivity contribution in [3.63, 3.8) is 0 Å². The molecule has 0 spiro atoms. The lowest BCUT2D eigenvalue weighted by Crippen LogP contribution is -1.68. The number of hydrogen-bond donors (Lipinski definition) is 1. The molecule has 58 valence electrons. The molecule has 0 aliphatic carbocycles. The third-order valence-corrected chi connectivity index (χ3v) is 1.50. The summed E-state index contributed by atoms with van der Waals surface area (Å²) in [6.07, 6.45) is 0. The number of rotatable bonds is 0. The number of halogens is 1. The van der Waals surface area contributed by atoms with Crippen LogP contribution >= 0.6 is 23.8 Å². The van der Waals surface area contributed by atoms with Gasteiger partial charge in [0.05, 0.1) is 5.16 Å². The topological polar surface area (TPSA) is 23.9 Å². The second-order valence-electron chi connectivity index (χ2n) is 1.85. The Morgan fingerprint density at radius 2 is 1.91 bits per heavy atom. The van der Waals surface area contributed by atoms with Crippen molar-refractivity contribution in [3.8, 4) is 0 Å². The Morgan fingerprint density at radius 3 is 2.18 bits per heavy atom. The van der Waals surface area contributed by atoms with E-state index in [1.165, 1.54) is 0 Å². The van der Waals surface area contributed by atoms with Crippen LogP contribution in [0.25, 0.3) is 0 Å². The van der Waals surface area contributed by atoms with E-state index in [0.29, 0.717) is 0 Å². The number of aryl methyl sites for hydroxylation is 1. The molecule has 1 rings (SSSR count). The van der Waals surface area contributed by atoms with Crippen LogP contribution in [0.2, 0.25) is 5.02 Å². The predicted molar refractivity (Wildman–Crippen MR) is 51.5 cm³/mol. The lowest BCUT2D eigenvalue weighted by Gasteiger charge is -1.90. The van der Waals surface area contributed by atoms with E-state index in [1.54, 1.807) is 5.16 Å². The molecule has 0 fully saturated rings. The van der Waals surface area contributed by atoms with Gasteiger partial charge in [0.1, 0.15) is 0 Å². The summed E-state index contributed by atoms with van der Waals surface area (Å²) in [5.74, 6) is 0. The zero-order chi connectivity index (χ0) is 8.69. The van der Waals surface area contributed by atoms with Gasteiger partial charge in [0.2, 0.25) is 0 Å². The molecular formula is C8H8ClNS. The minimum absolute atomic E-state index is 0.840. The maximum absolute atomic E-state index is 5.77. The van der Waals surface area contributed by atoms with E-state index in [4.69, 9.17) is 17.0 Å². The van der Waals surface area contributed by atoms with Gasteiger partial charge in [-0.3, -0.25) is 0 Å². The summed E-state index contributed by atoms with van der Waals surface area (Å²) in [6.45, 7) is 1.99. The van der Waals surface area contributed by atoms with Crippen LogP contribution in [-0.2, 0) is 0 Å². The number of isothiocyanates is 1. The van der Waals surface area contributed by atoms with Crippen LogP contribution in [0.1, 0.15) is 5.56 Å². The zero-order valence-corrected chi connectivity index (χ0v) is 7.67. The van der Waals surface area contributed by atoms with E-state index in [-0.39, 0.29) is 0 Å². The standard InChI is InChI=1S/C7H7Cl.CHNS/c1-6-4-2-3-5-7(6)8;2-1-3/h2-5H,1H3;2H. The lowest BCUT2D eigenvalue weighted by molar-refractivity contribution is 1.47. The normalized spacial score (nSPS) is 7.45. The van der Waals surface area contributed by atoms with Gasteiger partial charge in [-0.05, 0) is 30.8 Å². The van der Waals surface area contributed by atoms with Crippen molar-refractivity contribution >= 4 is 29.0 Å². The highest BCUT2D eigenvalue weighted by molar-refractivity contribution is 7.78. The molecule has 0 aliphatic heterocycles. The third-order valence-electron chi connectivity index (χ3n) is 1.08. The molecule has 0 amide bonds. The largest absolute Gasteiger partial charge is 0.248 e. The Kier molecular flexibility index (Phi) is 5.67. The summed E-state index contributed by atoms with van der Waals surface area (Å²) in [5.41, 5.74) is 1.13. The van der Waals surface area contributed by atoms with E-state index < -0.39 is 0 Å². The van der Waals surface area contributed by atoms with Crippen molar-refractivity contribution < 1.29 is 0 Å². The molecule has 0 aliphatic rings. The Hall–Kier alpha value is -0.690. The summed E-state index contributed by atoms with van der Waals surface area (Å²) in [5, 5.41) is 8.20. The van der Waals surface area contributed by atoms with Gasteiger partial charge in [-0.15, -0.1) is 0 Å². The van der Waals surface area contributed by atoms with Gasteiger partial charge in [0, 0.05) is 5.02 Å². The first-order chi connectivity index (χ1) is 5.22. The van der Waals surface area contributed by atoms with Crippen LogP contribution in [0.4, 0.5) is 0 Å². The molecule has 1 N–H and O–H groups in total. The molecule has 0 saturated carbocycles. The number of nitrogens with one attached hydrogen (secondary N) is 1. The van der Waals surface area contributed by atoms with Crippen LogP contribution in [0.3, 0.4) is 0 Å². The third kappa shape index (κ3) is 4.68. The van der Waals surface area contributed by atoms with Crippen LogP contribution in [0, 0.1) is 12.3 Å². The van der Waals surface area contributed by atoms with Crippen molar-refractivity contribution in [2.75, 3.05) is 0 Å². The number of hydrogen-bond acceptors (Lipinski definition) is 2. The minimum Gasteiger partial charge on any atom is -0.248 e. The summed E-state index contributed by atoms with van der Waals surface area (Å²) < 4.78 is 0. The van der Waals surface area contributed by atoms with E-state index in [2.05, 4.69) is 12.2 Å². The monoisotopic (exact) mass is 185 g/mol. The summed E-state index contributed by atoms with van der Waals surface area (Å²) >= 11 is 9.52. The zero-order valence-electron chi connectivity index (χ0n) is 6.10. The maximum Gasteiger partial charge on any atom is 0.0554 e. The van der Waals surface area contributed by atoms with E-state index in [1.807, 2.05) is 31.2 Å². The highest BCUT2D eigenvalue weighted by atomic mass is 35.5. The molecule has 0 heterocycles. The average molecular weight is 186 g/mol. The van der Waals surface area contributed by atoms with E-state index in [0.717, 1.165) is 10.6 Å². The highest BCUT2D eigenvalue weighted by Gasteiger charge is 1.86. The van der Waals surface area contributed by atoms with Crippen LogP contribution < -0.4 is 0 Å². The van der Waals surface area contributed by atoms with Crippen molar-refractivity contribution in [3.05, 3.63) is 34.9 Å². The number of thiocarbonyl (C=S) groups is 1. The average Bonchev–Trinajstić information content (AvgIpc) is 1.97. The molecule has 0 bridgehead atoms. The number of benzene rings is 1. The Labute approximate surface area is 76.5 Å². The SMILES string of the molecule is Cc1ccccc1Cl.N=C=S. The van der Waals surface area contributed by atoms with Gasteiger partial charge in [-0.1, -0.05) is 29.8 Å². The summed E-state index contributed by atoms with van der Waals surface area (Å²) in [7, 11) is 0. The summed E-state index contributed by atoms with van der Waals surface area (Å²) in [4.78, 5) is 0. The van der Waals surface area contributed by atoms with Gasteiger partial charge in [-0.25, -0.2) is 5.41 Å². The van der Waals surface area contributed by atoms with Gasteiger partial charge in [0.25, 0.3) is 0 Å². The quantitative estimate of drug-likeness (QED) is 0.487. The summed E-state index contributed by atoms with van der Waals surface area (Å²) in [6, 6.07) is 7.77. The molecule has 0 aromatic heterocycles. The van der Waals surface area contributed by atoms with Crippen LogP contribution in [-0.4, -0.2) is 5.16 Å². The Balaban J connectivity index is 0.000000292. The molecule has 0 saturated heterocycles. The fourth-order valence-electron chi connectivity index (χ4n) is 0.551. The highest BCUT2D eigenvalue weighted by Crippen LogP contribution is 2.11. The van der Waals surface area contributed by atoms with E-state index >= 15 is 0 Å². The molecule has 1 nitrogen and oxygen atoms in total. The molecule has 1 aromatic carbocycles. The van der Waals surface area contributed by atoms with Crippen molar-refractivity contribution in [1.82, 2.24) is 0 Å². The Bertz CT molecular complexity index is 233. The molecule has 1 aromatic rings. The molecule has 11 heavy (non-hydrogen) atoms. The lowest BCUT2D eigenvalue weighted by atomic mass is 10.2. The molecule has 3 heteroatoms. The fraction of sp³-hybridized carbons (Fsp3) is 0.125. The van der Waals surface area contributed by atoms with Gasteiger partial charge in [-0.2, -0.15) is 0 Å². The second-order valence-corrected chi connectivity index (χ2v) is 2.46. The van der Waals surface area contributed by atoms with Gasteiger partial charge in [0.15, 0.2) is 0 Å². The van der Waals surface area contributed by atoms with E-state index in [9.17, 15) is 0 Å². The van der Waals surface area contributed by atoms with Crippen LogP contribution in [0.15, 0.2) is 24.3 Å². The smallest absolute Gasteiger partial charge is 0.0554 e. The van der Waals surface area contributed by atoms with Crippen molar-refractivity contribution in [2.45, 2.75) is 6.92 Å². The maximum atomic E-state index is 5.77.